The van der Waals surface area contributed by atoms with Gasteiger partial charge in [-0.3, -0.25) is 0 Å². The van der Waals surface area contributed by atoms with Gasteiger partial charge in [0.15, 0.2) is 0 Å². The SMILES string of the molecule is Cc1cc(S(=O)(=O)N(C)CCC(C)C)ccc1C#N. The fourth-order valence-electron chi connectivity index (χ4n) is 1.66. The van der Waals surface area contributed by atoms with Gasteiger partial charge in [0.1, 0.15) is 0 Å². The molecule has 0 N–H and O–H groups in total. The lowest BCUT2D eigenvalue weighted by Gasteiger charge is -2.18. The molecule has 4 nitrogen and oxygen atoms in total. The van der Waals surface area contributed by atoms with Crippen LogP contribution in [0.2, 0.25) is 0 Å². The highest BCUT2D eigenvalue weighted by Gasteiger charge is 2.21. The highest BCUT2D eigenvalue weighted by molar-refractivity contribution is 7.89. The van der Waals surface area contributed by atoms with Crippen molar-refractivity contribution in [3.8, 4) is 6.07 Å². The molecule has 1 aromatic carbocycles. The monoisotopic (exact) mass is 280 g/mol. The molecule has 1 rings (SSSR count). The van der Waals surface area contributed by atoms with Crippen LogP contribution in [-0.4, -0.2) is 26.3 Å². The third-order valence-corrected chi connectivity index (χ3v) is 4.90. The summed E-state index contributed by atoms with van der Waals surface area (Å²) >= 11 is 0. The van der Waals surface area contributed by atoms with Crippen molar-refractivity contribution in [2.45, 2.75) is 32.1 Å². The van der Waals surface area contributed by atoms with Crippen molar-refractivity contribution >= 4 is 10.0 Å². The van der Waals surface area contributed by atoms with Gasteiger partial charge in [0, 0.05) is 13.6 Å². The van der Waals surface area contributed by atoms with E-state index in [1.54, 1.807) is 26.1 Å². The normalized spacial score (nSPS) is 11.8. The van der Waals surface area contributed by atoms with Gasteiger partial charge in [0.25, 0.3) is 0 Å². The topological polar surface area (TPSA) is 61.2 Å². The Hall–Kier alpha value is -1.38. The number of benzene rings is 1. The van der Waals surface area contributed by atoms with Crippen LogP contribution >= 0.6 is 0 Å². The lowest BCUT2D eigenvalue weighted by Crippen LogP contribution is -2.28. The van der Waals surface area contributed by atoms with Gasteiger partial charge in [0.05, 0.1) is 16.5 Å². The average Bonchev–Trinajstić information content (AvgIpc) is 2.35. The molecule has 0 fully saturated rings. The summed E-state index contributed by atoms with van der Waals surface area (Å²) < 4.78 is 26.0. The molecular formula is C14H20N2O2S. The second-order valence-corrected chi connectivity index (χ2v) is 7.14. The number of rotatable bonds is 5. The van der Waals surface area contributed by atoms with Crippen molar-refractivity contribution in [2.24, 2.45) is 5.92 Å². The Bertz CT molecular complexity index is 586. The first kappa shape index (κ1) is 15.7. The summed E-state index contributed by atoms with van der Waals surface area (Å²) in [4.78, 5) is 0.246. The molecule has 19 heavy (non-hydrogen) atoms. The third kappa shape index (κ3) is 3.79. The molecule has 0 heterocycles. The Morgan fingerprint density at radius 1 is 1.37 bits per heavy atom. The van der Waals surface area contributed by atoms with Crippen molar-refractivity contribution in [3.05, 3.63) is 29.3 Å². The maximum atomic E-state index is 12.3. The van der Waals surface area contributed by atoms with Crippen molar-refractivity contribution in [2.75, 3.05) is 13.6 Å². The van der Waals surface area contributed by atoms with Gasteiger partial charge < -0.3 is 0 Å². The first-order valence-electron chi connectivity index (χ1n) is 6.26. The number of nitriles is 1. The van der Waals surface area contributed by atoms with Gasteiger partial charge >= 0.3 is 0 Å². The van der Waals surface area contributed by atoms with Gasteiger partial charge in [-0.25, -0.2) is 12.7 Å². The first-order valence-corrected chi connectivity index (χ1v) is 7.70. The van der Waals surface area contributed by atoms with Crippen LogP contribution < -0.4 is 0 Å². The molecule has 0 amide bonds. The molecule has 0 aliphatic heterocycles. The quantitative estimate of drug-likeness (QED) is 0.832. The van der Waals surface area contributed by atoms with Crippen molar-refractivity contribution in [1.29, 1.82) is 5.26 Å². The molecule has 0 unspecified atom stereocenters. The van der Waals surface area contributed by atoms with E-state index in [1.165, 1.54) is 10.4 Å². The maximum absolute atomic E-state index is 12.3. The number of nitrogens with zero attached hydrogens (tertiary/aromatic N) is 2. The molecule has 0 aromatic heterocycles. The second kappa shape index (κ2) is 6.18. The standard InChI is InChI=1S/C14H20N2O2S/c1-11(2)7-8-16(4)19(17,18)14-6-5-13(10-15)12(3)9-14/h5-6,9,11H,7-8H2,1-4H3. The minimum Gasteiger partial charge on any atom is -0.207 e. The van der Waals surface area contributed by atoms with E-state index < -0.39 is 10.0 Å². The first-order chi connectivity index (χ1) is 8.78. The van der Waals surface area contributed by atoms with Crippen LogP contribution in [0.3, 0.4) is 0 Å². The van der Waals surface area contributed by atoms with E-state index in [0.29, 0.717) is 23.6 Å². The summed E-state index contributed by atoms with van der Waals surface area (Å²) in [5.74, 6) is 0.459. The summed E-state index contributed by atoms with van der Waals surface area (Å²) in [6, 6.07) is 6.64. The van der Waals surface area contributed by atoms with Gasteiger partial charge in [-0.2, -0.15) is 5.26 Å². The van der Waals surface area contributed by atoms with Gasteiger partial charge in [0.2, 0.25) is 10.0 Å². The van der Waals surface area contributed by atoms with Crippen molar-refractivity contribution in [1.82, 2.24) is 4.31 Å². The molecule has 0 saturated heterocycles. The predicted molar refractivity (Wildman–Crippen MR) is 75.2 cm³/mol. The Labute approximate surface area is 115 Å². The summed E-state index contributed by atoms with van der Waals surface area (Å²) in [5.41, 5.74) is 1.18. The van der Waals surface area contributed by atoms with Crippen molar-refractivity contribution < 1.29 is 8.42 Å². The third-order valence-electron chi connectivity index (χ3n) is 3.05. The minimum atomic E-state index is -3.46. The Morgan fingerprint density at radius 3 is 2.47 bits per heavy atom. The highest BCUT2D eigenvalue weighted by atomic mass is 32.2. The summed E-state index contributed by atoms with van der Waals surface area (Å²) in [7, 11) is -1.87. The Balaban J connectivity index is 3.01. The van der Waals surface area contributed by atoms with Crippen LogP contribution in [0.1, 0.15) is 31.4 Å². The lowest BCUT2D eigenvalue weighted by molar-refractivity contribution is 0.428. The van der Waals surface area contributed by atoms with Crippen LogP contribution in [-0.2, 0) is 10.0 Å². The largest absolute Gasteiger partial charge is 0.242 e. The van der Waals surface area contributed by atoms with Crippen LogP contribution in [0.5, 0.6) is 0 Å². The molecule has 0 spiro atoms. The molecule has 104 valence electrons. The molecule has 1 aromatic rings. The number of sulfonamides is 1. The van der Waals surface area contributed by atoms with Gasteiger partial charge in [-0.1, -0.05) is 13.8 Å². The second-order valence-electron chi connectivity index (χ2n) is 5.10. The predicted octanol–water partition coefficient (Wildman–Crippen LogP) is 2.53. The molecule has 0 radical (unpaired) electrons. The van der Waals surface area contributed by atoms with Gasteiger partial charge in [-0.15, -0.1) is 0 Å². The molecule has 0 atom stereocenters. The molecular weight excluding hydrogens is 260 g/mol. The molecule has 0 aliphatic rings. The molecule has 0 aliphatic carbocycles. The molecule has 0 bridgehead atoms. The van der Waals surface area contributed by atoms with Crippen LogP contribution in [0.4, 0.5) is 0 Å². The van der Waals surface area contributed by atoms with Crippen LogP contribution in [0.25, 0.3) is 0 Å². The maximum Gasteiger partial charge on any atom is 0.242 e. The molecule has 0 saturated carbocycles. The van der Waals surface area contributed by atoms with Gasteiger partial charge in [-0.05, 0) is 43.0 Å². The molecule has 5 heteroatoms. The van der Waals surface area contributed by atoms with Crippen LogP contribution in [0, 0.1) is 24.2 Å². The Morgan fingerprint density at radius 2 is 2.00 bits per heavy atom. The fourth-order valence-corrected chi connectivity index (χ4v) is 2.93. The van der Waals surface area contributed by atoms with E-state index in [9.17, 15) is 8.42 Å². The van der Waals surface area contributed by atoms with E-state index >= 15 is 0 Å². The van der Waals surface area contributed by atoms with E-state index in [1.807, 2.05) is 6.07 Å². The Kier molecular flexibility index (Phi) is 5.10. The zero-order chi connectivity index (χ0) is 14.6. The minimum absolute atomic E-state index is 0.246. The van der Waals surface area contributed by atoms with E-state index in [-0.39, 0.29) is 4.90 Å². The zero-order valence-electron chi connectivity index (χ0n) is 11.8. The number of hydrogen-bond donors (Lipinski definition) is 0. The van der Waals surface area contributed by atoms with Crippen LogP contribution in [0.15, 0.2) is 23.1 Å². The summed E-state index contributed by atoms with van der Waals surface area (Å²) in [6.07, 6.45) is 0.824. The number of aryl methyl sites for hydroxylation is 1. The van der Waals surface area contributed by atoms with E-state index in [0.717, 1.165) is 6.42 Å². The fraction of sp³-hybridized carbons (Fsp3) is 0.500. The number of hydrogen-bond acceptors (Lipinski definition) is 3. The lowest BCUT2D eigenvalue weighted by atomic mass is 10.1. The van der Waals surface area contributed by atoms with E-state index in [4.69, 9.17) is 5.26 Å². The summed E-state index contributed by atoms with van der Waals surface area (Å²) in [6.45, 7) is 6.36. The highest BCUT2D eigenvalue weighted by Crippen LogP contribution is 2.19. The summed E-state index contributed by atoms with van der Waals surface area (Å²) in [5, 5.41) is 8.86. The zero-order valence-corrected chi connectivity index (χ0v) is 12.7. The average molecular weight is 280 g/mol. The smallest absolute Gasteiger partial charge is 0.207 e. The van der Waals surface area contributed by atoms with Crippen molar-refractivity contribution in [3.63, 3.8) is 0 Å². The van der Waals surface area contributed by atoms with E-state index in [2.05, 4.69) is 13.8 Å².